The fraction of sp³-hybridized carbons (Fsp3) is 0.222. The highest BCUT2D eigenvalue weighted by Crippen LogP contribution is 2.14. The van der Waals surface area contributed by atoms with Gasteiger partial charge >= 0.3 is 0 Å². The zero-order valence-electron chi connectivity index (χ0n) is 12.4. The van der Waals surface area contributed by atoms with Crippen molar-refractivity contribution >= 4 is 5.91 Å². The van der Waals surface area contributed by atoms with Gasteiger partial charge in [0.05, 0.1) is 17.2 Å². The van der Waals surface area contributed by atoms with Crippen molar-refractivity contribution < 1.29 is 9.18 Å². The Hall–Kier alpha value is -2.67. The normalized spacial score (nSPS) is 10.0. The number of nitriles is 1. The molecule has 0 aromatic heterocycles. The van der Waals surface area contributed by atoms with E-state index in [-0.39, 0.29) is 11.5 Å². The van der Waals surface area contributed by atoms with Gasteiger partial charge < -0.3 is 4.90 Å². The van der Waals surface area contributed by atoms with Crippen molar-refractivity contribution in [3.8, 4) is 6.07 Å². The molecule has 0 spiro atoms. The topological polar surface area (TPSA) is 44.1 Å². The van der Waals surface area contributed by atoms with E-state index in [9.17, 15) is 9.18 Å². The van der Waals surface area contributed by atoms with E-state index in [4.69, 9.17) is 5.26 Å². The van der Waals surface area contributed by atoms with Crippen LogP contribution in [0.1, 0.15) is 34.8 Å². The molecule has 0 atom stereocenters. The number of nitrogens with zero attached hydrogens (tertiary/aromatic N) is 2. The zero-order chi connectivity index (χ0) is 15.9. The smallest absolute Gasteiger partial charge is 0.257 e. The predicted molar refractivity (Wildman–Crippen MR) is 82.6 cm³/mol. The van der Waals surface area contributed by atoms with E-state index < -0.39 is 5.82 Å². The van der Waals surface area contributed by atoms with Gasteiger partial charge in [0.15, 0.2) is 0 Å². The molecule has 0 radical (unpaired) electrons. The van der Waals surface area contributed by atoms with Gasteiger partial charge in [0, 0.05) is 13.1 Å². The molecular formula is C18H17FN2O. The Labute approximate surface area is 129 Å². The van der Waals surface area contributed by atoms with Crippen LogP contribution in [0, 0.1) is 17.1 Å². The maximum atomic E-state index is 13.8. The van der Waals surface area contributed by atoms with Crippen LogP contribution in [0.2, 0.25) is 0 Å². The Morgan fingerprint density at radius 2 is 1.86 bits per heavy atom. The van der Waals surface area contributed by atoms with Crippen molar-refractivity contribution in [3.05, 3.63) is 71.0 Å². The standard InChI is InChI=1S/C18H17FN2O/c1-2-11-21(13-15-9-7-14(12-20)8-10-15)18(22)16-5-3-4-6-17(16)19/h3-10H,2,11,13H2,1H3. The molecule has 112 valence electrons. The highest BCUT2D eigenvalue weighted by molar-refractivity contribution is 5.94. The summed E-state index contributed by atoms with van der Waals surface area (Å²) in [5.41, 5.74) is 1.58. The van der Waals surface area contributed by atoms with Crippen LogP contribution in [0.25, 0.3) is 0 Å². The Bertz CT molecular complexity index is 689. The van der Waals surface area contributed by atoms with E-state index in [0.29, 0.717) is 18.7 Å². The molecule has 2 aromatic carbocycles. The van der Waals surface area contributed by atoms with Crippen molar-refractivity contribution in [1.29, 1.82) is 5.26 Å². The van der Waals surface area contributed by atoms with Crippen LogP contribution in [0.4, 0.5) is 4.39 Å². The lowest BCUT2D eigenvalue weighted by molar-refractivity contribution is 0.0738. The number of carbonyl (C=O) groups excluding carboxylic acids is 1. The number of hydrogen-bond acceptors (Lipinski definition) is 2. The van der Waals surface area contributed by atoms with Gasteiger partial charge in [-0.2, -0.15) is 5.26 Å². The van der Waals surface area contributed by atoms with E-state index in [1.54, 1.807) is 29.2 Å². The van der Waals surface area contributed by atoms with Gasteiger partial charge in [-0.15, -0.1) is 0 Å². The minimum absolute atomic E-state index is 0.0876. The van der Waals surface area contributed by atoms with Crippen LogP contribution in [0.5, 0.6) is 0 Å². The number of hydrogen-bond donors (Lipinski definition) is 0. The number of carbonyl (C=O) groups is 1. The lowest BCUT2D eigenvalue weighted by atomic mass is 10.1. The van der Waals surface area contributed by atoms with E-state index in [0.717, 1.165) is 12.0 Å². The quantitative estimate of drug-likeness (QED) is 0.843. The van der Waals surface area contributed by atoms with Crippen LogP contribution in [0.3, 0.4) is 0 Å². The number of amides is 1. The van der Waals surface area contributed by atoms with Gasteiger partial charge in [-0.25, -0.2) is 4.39 Å². The highest BCUT2D eigenvalue weighted by Gasteiger charge is 2.18. The van der Waals surface area contributed by atoms with E-state index in [1.165, 1.54) is 12.1 Å². The molecule has 0 aliphatic carbocycles. The van der Waals surface area contributed by atoms with Gasteiger partial charge in [-0.05, 0) is 36.2 Å². The van der Waals surface area contributed by atoms with E-state index >= 15 is 0 Å². The predicted octanol–water partition coefficient (Wildman–Crippen LogP) is 3.75. The summed E-state index contributed by atoms with van der Waals surface area (Å²) in [4.78, 5) is 14.1. The molecule has 3 nitrogen and oxygen atoms in total. The molecule has 0 N–H and O–H groups in total. The lowest BCUT2D eigenvalue weighted by Crippen LogP contribution is -2.31. The molecule has 0 aliphatic heterocycles. The summed E-state index contributed by atoms with van der Waals surface area (Å²) in [5.74, 6) is -0.822. The lowest BCUT2D eigenvalue weighted by Gasteiger charge is -2.22. The average Bonchev–Trinajstić information content (AvgIpc) is 2.55. The Kier molecular flexibility index (Phi) is 5.26. The van der Waals surface area contributed by atoms with E-state index in [1.807, 2.05) is 19.1 Å². The first-order valence-electron chi connectivity index (χ1n) is 7.18. The van der Waals surface area contributed by atoms with E-state index in [2.05, 4.69) is 6.07 Å². The summed E-state index contributed by atoms with van der Waals surface area (Å²) in [6, 6.07) is 15.1. The molecule has 4 heteroatoms. The van der Waals surface area contributed by atoms with Gasteiger partial charge in [0.1, 0.15) is 5.82 Å². The SMILES string of the molecule is CCCN(Cc1ccc(C#N)cc1)C(=O)c1ccccc1F. The summed E-state index contributed by atoms with van der Waals surface area (Å²) in [6.07, 6.45) is 0.788. The van der Waals surface area contributed by atoms with Crippen LogP contribution in [-0.2, 0) is 6.54 Å². The molecule has 22 heavy (non-hydrogen) atoms. The largest absolute Gasteiger partial charge is 0.334 e. The van der Waals surface area contributed by atoms with Gasteiger partial charge in [0.2, 0.25) is 0 Å². The highest BCUT2D eigenvalue weighted by atomic mass is 19.1. The summed E-state index contributed by atoms with van der Waals surface area (Å²) >= 11 is 0. The minimum Gasteiger partial charge on any atom is -0.334 e. The second-order valence-corrected chi connectivity index (χ2v) is 5.02. The van der Waals surface area contributed by atoms with Crippen molar-refractivity contribution in [2.75, 3.05) is 6.54 Å². The molecule has 2 rings (SSSR count). The fourth-order valence-corrected chi connectivity index (χ4v) is 2.23. The molecule has 0 unspecified atom stereocenters. The van der Waals surface area contributed by atoms with Crippen LogP contribution >= 0.6 is 0 Å². The van der Waals surface area contributed by atoms with Gasteiger partial charge in [-0.3, -0.25) is 4.79 Å². The van der Waals surface area contributed by atoms with Crippen molar-refractivity contribution in [2.24, 2.45) is 0 Å². The number of rotatable bonds is 5. The maximum Gasteiger partial charge on any atom is 0.257 e. The number of halogens is 1. The fourth-order valence-electron chi connectivity index (χ4n) is 2.23. The third kappa shape index (κ3) is 3.70. The second-order valence-electron chi connectivity index (χ2n) is 5.02. The zero-order valence-corrected chi connectivity index (χ0v) is 12.4. The second kappa shape index (κ2) is 7.37. The Morgan fingerprint density at radius 1 is 1.18 bits per heavy atom. The maximum absolute atomic E-state index is 13.8. The Morgan fingerprint density at radius 3 is 2.45 bits per heavy atom. The molecule has 0 saturated carbocycles. The first kappa shape index (κ1) is 15.7. The summed E-state index contributed by atoms with van der Waals surface area (Å²) in [7, 11) is 0. The van der Waals surface area contributed by atoms with Crippen molar-refractivity contribution in [3.63, 3.8) is 0 Å². The average molecular weight is 296 g/mol. The number of benzene rings is 2. The summed E-state index contributed by atoms with van der Waals surface area (Å²) in [5, 5.41) is 8.81. The molecule has 0 saturated heterocycles. The molecule has 2 aromatic rings. The monoisotopic (exact) mass is 296 g/mol. The molecule has 0 heterocycles. The molecule has 0 aliphatic rings. The van der Waals surface area contributed by atoms with Crippen molar-refractivity contribution in [1.82, 2.24) is 4.90 Å². The van der Waals surface area contributed by atoms with Gasteiger partial charge in [0.25, 0.3) is 5.91 Å². The van der Waals surface area contributed by atoms with Crippen LogP contribution in [-0.4, -0.2) is 17.4 Å². The minimum atomic E-state index is -0.506. The Balaban J connectivity index is 2.20. The molecule has 1 amide bonds. The van der Waals surface area contributed by atoms with Crippen LogP contribution < -0.4 is 0 Å². The third-order valence-electron chi connectivity index (χ3n) is 3.34. The first-order valence-corrected chi connectivity index (χ1v) is 7.18. The molecular weight excluding hydrogens is 279 g/mol. The molecule has 0 fully saturated rings. The summed E-state index contributed by atoms with van der Waals surface area (Å²) in [6.45, 7) is 2.92. The third-order valence-corrected chi connectivity index (χ3v) is 3.34. The summed E-state index contributed by atoms with van der Waals surface area (Å²) < 4.78 is 13.8. The van der Waals surface area contributed by atoms with Crippen LogP contribution in [0.15, 0.2) is 48.5 Å². The first-order chi connectivity index (χ1) is 10.7. The van der Waals surface area contributed by atoms with Gasteiger partial charge in [-0.1, -0.05) is 31.2 Å². The van der Waals surface area contributed by atoms with Crippen molar-refractivity contribution in [2.45, 2.75) is 19.9 Å². The molecule has 0 bridgehead atoms.